The van der Waals surface area contributed by atoms with E-state index >= 15 is 0 Å². The van der Waals surface area contributed by atoms with E-state index in [1.807, 2.05) is 31.2 Å². The molecule has 1 N–H and O–H groups in total. The topological polar surface area (TPSA) is 69.2 Å². The molecular formula is C24H22BrClN2O4. The number of hydrogen-bond acceptors (Lipinski definition) is 5. The standard InChI is InChI=1S/C24H22BrClN2O4/c1-3-31-22-12-18(14-27-28-24(29)16-8-10-19(30-2)11-9-16)20(25)13-23(22)32-15-17-6-4-5-7-21(17)26/h4-14H,3,15H2,1-2H3,(H,28,29)/b27-14-. The van der Waals surface area contributed by atoms with Gasteiger partial charge in [-0.3, -0.25) is 4.79 Å². The van der Waals surface area contributed by atoms with Gasteiger partial charge in [0.1, 0.15) is 12.4 Å². The van der Waals surface area contributed by atoms with Gasteiger partial charge in [-0.2, -0.15) is 5.10 Å². The van der Waals surface area contributed by atoms with Crippen LogP contribution in [0.2, 0.25) is 5.02 Å². The highest BCUT2D eigenvalue weighted by atomic mass is 79.9. The first-order valence-corrected chi connectivity index (χ1v) is 11.0. The van der Waals surface area contributed by atoms with Gasteiger partial charge in [-0.1, -0.05) is 29.8 Å². The summed E-state index contributed by atoms with van der Waals surface area (Å²) in [6.07, 6.45) is 1.53. The lowest BCUT2D eigenvalue weighted by Gasteiger charge is -2.14. The predicted octanol–water partition coefficient (Wildman–Crippen LogP) is 5.85. The van der Waals surface area contributed by atoms with Gasteiger partial charge in [-0.15, -0.1) is 0 Å². The minimum atomic E-state index is -0.329. The Bertz CT molecular complexity index is 1100. The summed E-state index contributed by atoms with van der Waals surface area (Å²) in [7, 11) is 1.57. The molecule has 0 aliphatic rings. The molecule has 0 saturated carbocycles. The van der Waals surface area contributed by atoms with Gasteiger partial charge in [-0.05, 0) is 65.3 Å². The molecule has 0 fully saturated rings. The van der Waals surface area contributed by atoms with Crippen molar-refractivity contribution in [1.29, 1.82) is 0 Å². The second-order valence-corrected chi connectivity index (χ2v) is 7.82. The van der Waals surface area contributed by atoms with E-state index < -0.39 is 0 Å². The summed E-state index contributed by atoms with van der Waals surface area (Å²) in [6, 6.07) is 17.8. The summed E-state index contributed by atoms with van der Waals surface area (Å²) in [6.45, 7) is 2.66. The van der Waals surface area contributed by atoms with Crippen LogP contribution in [0, 0.1) is 0 Å². The van der Waals surface area contributed by atoms with Gasteiger partial charge in [0.2, 0.25) is 0 Å². The Morgan fingerprint density at radius 3 is 2.50 bits per heavy atom. The number of rotatable bonds is 9. The summed E-state index contributed by atoms with van der Waals surface area (Å²) in [4.78, 5) is 12.3. The molecule has 0 radical (unpaired) electrons. The van der Waals surface area contributed by atoms with Crippen LogP contribution < -0.4 is 19.6 Å². The summed E-state index contributed by atoms with van der Waals surface area (Å²) >= 11 is 9.73. The molecule has 0 heterocycles. The van der Waals surface area contributed by atoms with Crippen LogP contribution in [0.25, 0.3) is 0 Å². The highest BCUT2D eigenvalue weighted by molar-refractivity contribution is 9.10. The van der Waals surface area contributed by atoms with Crippen molar-refractivity contribution in [3.63, 3.8) is 0 Å². The third-order valence-electron chi connectivity index (χ3n) is 4.43. The number of ether oxygens (including phenoxy) is 3. The number of carbonyl (C=O) groups is 1. The predicted molar refractivity (Wildman–Crippen MR) is 129 cm³/mol. The average molecular weight is 518 g/mol. The largest absolute Gasteiger partial charge is 0.497 e. The van der Waals surface area contributed by atoms with Crippen LogP contribution in [0.3, 0.4) is 0 Å². The molecule has 0 unspecified atom stereocenters. The number of nitrogens with zero attached hydrogens (tertiary/aromatic N) is 1. The number of amides is 1. The molecule has 0 aliphatic heterocycles. The van der Waals surface area contributed by atoms with Gasteiger partial charge >= 0.3 is 0 Å². The molecular weight excluding hydrogens is 496 g/mol. The third kappa shape index (κ3) is 6.24. The molecule has 0 saturated heterocycles. The minimum Gasteiger partial charge on any atom is -0.497 e. The maximum absolute atomic E-state index is 12.3. The zero-order chi connectivity index (χ0) is 22.9. The highest BCUT2D eigenvalue weighted by Crippen LogP contribution is 2.34. The van der Waals surface area contributed by atoms with Gasteiger partial charge in [-0.25, -0.2) is 5.43 Å². The SMILES string of the molecule is CCOc1cc(/C=N\NC(=O)c2ccc(OC)cc2)c(Br)cc1OCc1ccccc1Cl. The van der Waals surface area contributed by atoms with E-state index in [9.17, 15) is 4.79 Å². The van der Waals surface area contributed by atoms with Crippen LogP contribution in [-0.2, 0) is 6.61 Å². The van der Waals surface area contributed by atoms with Gasteiger partial charge in [0.25, 0.3) is 5.91 Å². The number of halogens is 2. The summed E-state index contributed by atoms with van der Waals surface area (Å²) in [5, 5.41) is 4.70. The Morgan fingerprint density at radius 2 is 1.81 bits per heavy atom. The zero-order valence-corrected chi connectivity index (χ0v) is 19.9. The average Bonchev–Trinajstić information content (AvgIpc) is 2.81. The van der Waals surface area contributed by atoms with Crippen LogP contribution in [0.4, 0.5) is 0 Å². The number of hydrogen-bond donors (Lipinski definition) is 1. The van der Waals surface area contributed by atoms with Gasteiger partial charge < -0.3 is 14.2 Å². The molecule has 0 spiro atoms. The van der Waals surface area contributed by atoms with Crippen LogP contribution in [0.5, 0.6) is 17.2 Å². The smallest absolute Gasteiger partial charge is 0.271 e. The van der Waals surface area contributed by atoms with Crippen LogP contribution in [0.1, 0.15) is 28.4 Å². The third-order valence-corrected chi connectivity index (χ3v) is 5.48. The lowest BCUT2D eigenvalue weighted by Crippen LogP contribution is -2.17. The Labute approximate surface area is 200 Å². The number of nitrogens with one attached hydrogen (secondary N) is 1. The molecule has 0 aliphatic carbocycles. The first kappa shape index (κ1) is 23.6. The van der Waals surface area contributed by atoms with E-state index in [1.165, 1.54) is 6.21 Å². The maximum atomic E-state index is 12.3. The quantitative estimate of drug-likeness (QED) is 0.285. The molecule has 6 nitrogen and oxygen atoms in total. The second-order valence-electron chi connectivity index (χ2n) is 6.56. The number of methoxy groups -OCH3 is 1. The van der Waals surface area contributed by atoms with Crippen LogP contribution in [-0.4, -0.2) is 25.8 Å². The maximum Gasteiger partial charge on any atom is 0.271 e. The summed E-state index contributed by atoms with van der Waals surface area (Å²) < 4.78 is 17.5. The fourth-order valence-corrected chi connectivity index (χ4v) is 3.38. The first-order chi connectivity index (χ1) is 15.5. The molecule has 3 aromatic carbocycles. The molecule has 166 valence electrons. The van der Waals surface area contributed by atoms with Crippen molar-refractivity contribution in [2.75, 3.05) is 13.7 Å². The molecule has 0 atom stereocenters. The van der Waals surface area contributed by atoms with Crippen molar-refractivity contribution >= 4 is 39.7 Å². The van der Waals surface area contributed by atoms with E-state index in [2.05, 4.69) is 26.5 Å². The fraction of sp³-hybridized carbons (Fsp3) is 0.167. The van der Waals surface area contributed by atoms with Crippen molar-refractivity contribution < 1.29 is 19.0 Å². The molecule has 0 bridgehead atoms. The normalized spacial score (nSPS) is 10.8. The van der Waals surface area contributed by atoms with Crippen LogP contribution >= 0.6 is 27.5 Å². The summed E-state index contributed by atoms with van der Waals surface area (Å²) in [5.74, 6) is 1.47. The van der Waals surface area contributed by atoms with Gasteiger partial charge in [0.15, 0.2) is 11.5 Å². The monoisotopic (exact) mass is 516 g/mol. The van der Waals surface area contributed by atoms with Crippen molar-refractivity contribution in [3.8, 4) is 17.2 Å². The fourth-order valence-electron chi connectivity index (χ4n) is 2.77. The summed E-state index contributed by atoms with van der Waals surface area (Å²) in [5.41, 5.74) is 4.58. The van der Waals surface area contributed by atoms with Gasteiger partial charge in [0, 0.05) is 26.2 Å². The van der Waals surface area contributed by atoms with Crippen molar-refractivity contribution in [3.05, 3.63) is 86.8 Å². The van der Waals surface area contributed by atoms with E-state index in [1.54, 1.807) is 43.5 Å². The molecule has 3 aromatic rings. The highest BCUT2D eigenvalue weighted by Gasteiger charge is 2.12. The molecule has 1 amide bonds. The Hall–Kier alpha value is -3.03. The molecule has 32 heavy (non-hydrogen) atoms. The number of carbonyl (C=O) groups excluding carboxylic acids is 1. The Balaban J connectivity index is 1.71. The zero-order valence-electron chi connectivity index (χ0n) is 17.6. The molecule has 3 rings (SSSR count). The number of hydrazone groups is 1. The van der Waals surface area contributed by atoms with Crippen molar-refractivity contribution in [2.45, 2.75) is 13.5 Å². The Kier molecular flexibility index (Phi) is 8.53. The molecule has 0 aromatic heterocycles. The van der Waals surface area contributed by atoms with E-state index in [4.69, 9.17) is 25.8 Å². The first-order valence-electron chi connectivity index (χ1n) is 9.81. The Morgan fingerprint density at radius 1 is 1.09 bits per heavy atom. The number of benzene rings is 3. The second kappa shape index (κ2) is 11.5. The van der Waals surface area contributed by atoms with E-state index in [0.29, 0.717) is 46.6 Å². The van der Waals surface area contributed by atoms with Crippen molar-refractivity contribution in [1.82, 2.24) is 5.43 Å². The lowest BCUT2D eigenvalue weighted by molar-refractivity contribution is 0.0955. The minimum absolute atomic E-state index is 0.303. The van der Waals surface area contributed by atoms with Crippen LogP contribution in [0.15, 0.2) is 70.2 Å². The van der Waals surface area contributed by atoms with Crippen molar-refractivity contribution in [2.24, 2.45) is 5.10 Å². The molecule has 8 heteroatoms. The van der Waals surface area contributed by atoms with Gasteiger partial charge in [0.05, 0.1) is 19.9 Å². The van der Waals surface area contributed by atoms with E-state index in [0.717, 1.165) is 10.0 Å². The lowest BCUT2D eigenvalue weighted by atomic mass is 10.2. The van der Waals surface area contributed by atoms with E-state index in [-0.39, 0.29) is 5.91 Å².